The lowest BCUT2D eigenvalue weighted by molar-refractivity contribution is 0.603. The van der Waals surface area contributed by atoms with Crippen LogP contribution in [0.15, 0.2) is 138 Å². The predicted octanol–water partition coefficient (Wildman–Crippen LogP) is 12.8. The minimum absolute atomic E-state index is 0.947. The van der Waals surface area contributed by atoms with Gasteiger partial charge >= 0.3 is 0 Å². The zero-order valence-electron chi connectivity index (χ0n) is 22.9. The van der Waals surface area contributed by atoms with Gasteiger partial charge in [0.05, 0.1) is 0 Å². The molecule has 7 aromatic carbocycles. The van der Waals surface area contributed by atoms with Crippen LogP contribution in [-0.2, 0) is 0 Å². The molecule has 0 aliphatic rings. The average Bonchev–Trinajstić information content (AvgIpc) is 3.77. The van der Waals surface area contributed by atoms with Gasteiger partial charge in [0, 0.05) is 62.2 Å². The van der Waals surface area contributed by atoms with Crippen molar-refractivity contribution in [2.75, 3.05) is 0 Å². The van der Waals surface area contributed by atoms with Crippen molar-refractivity contribution in [2.45, 2.75) is 0 Å². The van der Waals surface area contributed by atoms with Crippen LogP contribution in [0, 0.1) is 0 Å². The van der Waals surface area contributed by atoms with Crippen LogP contribution in [0.2, 0.25) is 0 Å². The summed E-state index contributed by atoms with van der Waals surface area (Å²) in [7, 11) is 0. The lowest BCUT2D eigenvalue weighted by atomic mass is 9.92. The van der Waals surface area contributed by atoms with E-state index >= 15 is 0 Å². The Kier molecular flexibility index (Phi) is 4.81. The molecule has 1 nitrogen and oxygen atoms in total. The zero-order chi connectivity index (χ0) is 28.1. The van der Waals surface area contributed by atoms with Crippen molar-refractivity contribution in [2.24, 2.45) is 0 Å². The van der Waals surface area contributed by atoms with Gasteiger partial charge in [-0.05, 0) is 45.8 Å². The number of hydrogen-bond donors (Lipinski definition) is 0. The average molecular weight is 583 g/mol. The third kappa shape index (κ3) is 3.21. The van der Waals surface area contributed by atoms with E-state index in [2.05, 4.69) is 133 Å². The fourth-order valence-corrected chi connectivity index (χ4v) is 9.47. The van der Waals surface area contributed by atoms with Gasteiger partial charge in [-0.3, -0.25) is 0 Å². The highest BCUT2D eigenvalue weighted by Crippen LogP contribution is 2.51. The van der Waals surface area contributed by atoms with Crippen LogP contribution in [-0.4, -0.2) is 0 Å². The van der Waals surface area contributed by atoms with Crippen molar-refractivity contribution in [3.8, 4) is 22.6 Å². The molecular formula is C40H22OS2. The fourth-order valence-electron chi connectivity index (χ4n) is 7.05. The van der Waals surface area contributed by atoms with Crippen molar-refractivity contribution < 1.29 is 4.42 Å². The molecule has 3 heterocycles. The van der Waals surface area contributed by atoms with Gasteiger partial charge in [0.1, 0.15) is 11.5 Å². The Labute approximate surface area is 254 Å². The molecule has 0 saturated heterocycles. The summed E-state index contributed by atoms with van der Waals surface area (Å²) < 4.78 is 12.4. The first-order chi connectivity index (χ1) is 21.3. The van der Waals surface area contributed by atoms with Crippen LogP contribution in [0.25, 0.3) is 95.3 Å². The molecule has 10 aromatic rings. The number of rotatable bonds is 2. The Hall–Kier alpha value is -4.96. The Balaban J connectivity index is 1.43. The van der Waals surface area contributed by atoms with Gasteiger partial charge in [-0.15, -0.1) is 22.7 Å². The number of benzene rings is 7. The Bertz CT molecular complexity index is 2550. The van der Waals surface area contributed by atoms with Crippen molar-refractivity contribution in [1.82, 2.24) is 0 Å². The smallest absolute Gasteiger partial charge is 0.144 e. The quantitative estimate of drug-likeness (QED) is 0.185. The maximum Gasteiger partial charge on any atom is 0.144 e. The summed E-state index contributed by atoms with van der Waals surface area (Å²) in [6.45, 7) is 0. The summed E-state index contributed by atoms with van der Waals surface area (Å²) >= 11 is 3.71. The minimum atomic E-state index is 0.947. The van der Waals surface area contributed by atoms with Crippen LogP contribution in [0.5, 0.6) is 0 Å². The van der Waals surface area contributed by atoms with E-state index in [9.17, 15) is 0 Å². The van der Waals surface area contributed by atoms with Gasteiger partial charge in [0.2, 0.25) is 0 Å². The third-order valence-corrected chi connectivity index (χ3v) is 11.3. The van der Waals surface area contributed by atoms with Gasteiger partial charge < -0.3 is 4.42 Å². The fraction of sp³-hybridized carbons (Fsp3) is 0. The molecule has 0 amide bonds. The van der Waals surface area contributed by atoms with Crippen LogP contribution in [0.1, 0.15) is 0 Å². The number of thiophene rings is 2. The minimum Gasteiger partial charge on any atom is -0.455 e. The molecule has 43 heavy (non-hydrogen) atoms. The second-order valence-electron chi connectivity index (χ2n) is 11.2. The Morgan fingerprint density at radius 2 is 0.698 bits per heavy atom. The first-order valence-corrected chi connectivity index (χ1v) is 16.2. The molecule has 0 aliphatic carbocycles. The molecule has 3 aromatic heterocycles. The van der Waals surface area contributed by atoms with Crippen molar-refractivity contribution in [3.05, 3.63) is 133 Å². The maximum absolute atomic E-state index is 7.28. The van der Waals surface area contributed by atoms with E-state index in [1.807, 2.05) is 22.7 Å². The first-order valence-electron chi connectivity index (χ1n) is 14.5. The molecule has 0 saturated carbocycles. The number of furan rings is 1. The zero-order valence-corrected chi connectivity index (χ0v) is 24.6. The highest BCUT2D eigenvalue weighted by Gasteiger charge is 2.25. The van der Waals surface area contributed by atoms with Crippen LogP contribution in [0.4, 0.5) is 0 Å². The van der Waals surface area contributed by atoms with Gasteiger partial charge in [0.15, 0.2) is 0 Å². The van der Waals surface area contributed by atoms with Crippen molar-refractivity contribution >= 4 is 95.3 Å². The standard InChI is InChI=1S/C40H22OS2/c1-3-15-27-23(11-1)24-12-2-4-16-28(24)36-35(27)37(31-19-9-17-29-25-13-5-7-21-33(25)42-39(29)31)41-38(36)32-20-10-18-30-26-14-6-8-22-34(26)43-40(30)32/h1-22H. The van der Waals surface area contributed by atoms with E-state index in [1.165, 1.54) is 72.7 Å². The molecule has 200 valence electrons. The molecular weight excluding hydrogens is 561 g/mol. The Morgan fingerprint density at radius 3 is 1.16 bits per heavy atom. The molecule has 0 spiro atoms. The van der Waals surface area contributed by atoms with Crippen LogP contribution < -0.4 is 0 Å². The summed E-state index contributed by atoms with van der Waals surface area (Å²) in [5.41, 5.74) is 2.30. The molecule has 10 rings (SSSR count). The van der Waals surface area contributed by atoms with E-state index < -0.39 is 0 Å². The largest absolute Gasteiger partial charge is 0.455 e. The second kappa shape index (κ2) is 8.78. The Morgan fingerprint density at radius 1 is 0.326 bits per heavy atom. The van der Waals surface area contributed by atoms with Crippen LogP contribution >= 0.6 is 22.7 Å². The topological polar surface area (TPSA) is 13.1 Å². The van der Waals surface area contributed by atoms with E-state index in [0.29, 0.717) is 0 Å². The normalized spacial score (nSPS) is 12.2. The predicted molar refractivity (Wildman–Crippen MR) is 188 cm³/mol. The van der Waals surface area contributed by atoms with E-state index in [1.54, 1.807) is 0 Å². The summed E-state index contributed by atoms with van der Waals surface area (Å²) in [4.78, 5) is 0. The van der Waals surface area contributed by atoms with Crippen LogP contribution in [0.3, 0.4) is 0 Å². The maximum atomic E-state index is 7.28. The van der Waals surface area contributed by atoms with Gasteiger partial charge in [0.25, 0.3) is 0 Å². The SMILES string of the molecule is c1ccc2c(c1)sc1c(-c3oc(-c4cccc5c4sc4ccccc45)c4c5ccccc5c5ccccc5c34)cccc12. The molecule has 0 bridgehead atoms. The molecule has 0 atom stereocenters. The van der Waals surface area contributed by atoms with E-state index in [0.717, 1.165) is 22.6 Å². The molecule has 0 N–H and O–H groups in total. The lowest BCUT2D eigenvalue weighted by Gasteiger charge is -2.09. The molecule has 0 fully saturated rings. The monoisotopic (exact) mass is 582 g/mol. The highest BCUT2D eigenvalue weighted by molar-refractivity contribution is 7.26. The number of fused-ring (bicyclic) bond motifs is 12. The summed E-state index contributed by atoms with van der Waals surface area (Å²) in [6.07, 6.45) is 0. The molecule has 3 heteroatoms. The third-order valence-electron chi connectivity index (χ3n) is 8.89. The van der Waals surface area contributed by atoms with Gasteiger partial charge in [-0.25, -0.2) is 0 Å². The summed E-state index contributed by atoms with van der Waals surface area (Å²) in [6, 6.07) is 48.4. The molecule has 0 aliphatic heterocycles. The van der Waals surface area contributed by atoms with Gasteiger partial charge in [-0.2, -0.15) is 0 Å². The van der Waals surface area contributed by atoms with Crippen molar-refractivity contribution in [1.29, 1.82) is 0 Å². The molecule has 0 radical (unpaired) electrons. The highest BCUT2D eigenvalue weighted by atomic mass is 32.1. The van der Waals surface area contributed by atoms with E-state index in [-0.39, 0.29) is 0 Å². The second-order valence-corrected chi connectivity index (χ2v) is 13.3. The lowest BCUT2D eigenvalue weighted by Crippen LogP contribution is -1.83. The first kappa shape index (κ1) is 23.6. The van der Waals surface area contributed by atoms with E-state index in [4.69, 9.17) is 4.42 Å². The number of hydrogen-bond acceptors (Lipinski definition) is 3. The summed E-state index contributed by atoms with van der Waals surface area (Å²) in [5, 5.41) is 12.5. The van der Waals surface area contributed by atoms with Crippen molar-refractivity contribution in [3.63, 3.8) is 0 Å². The molecule has 0 unspecified atom stereocenters. The summed E-state index contributed by atoms with van der Waals surface area (Å²) in [5.74, 6) is 1.89. The van der Waals surface area contributed by atoms with Gasteiger partial charge in [-0.1, -0.05) is 109 Å².